The summed E-state index contributed by atoms with van der Waals surface area (Å²) in [6.07, 6.45) is 3.03. The van der Waals surface area contributed by atoms with Crippen molar-refractivity contribution >= 4 is 17.4 Å². The maximum atomic E-state index is 13.0. The van der Waals surface area contributed by atoms with Crippen molar-refractivity contribution in [3.8, 4) is 5.75 Å². The van der Waals surface area contributed by atoms with E-state index >= 15 is 0 Å². The van der Waals surface area contributed by atoms with Gasteiger partial charge in [0.2, 0.25) is 0 Å². The predicted octanol–water partition coefficient (Wildman–Crippen LogP) is 4.08. The lowest BCUT2D eigenvalue weighted by atomic mass is 9.99. The molecule has 158 valence electrons. The fourth-order valence-corrected chi connectivity index (χ4v) is 3.60. The van der Waals surface area contributed by atoms with Crippen LogP contribution in [-0.2, 0) is 16.1 Å². The second-order valence-electron chi connectivity index (χ2n) is 7.46. The van der Waals surface area contributed by atoms with Crippen molar-refractivity contribution in [1.82, 2.24) is 9.88 Å². The zero-order chi connectivity index (χ0) is 22.0. The Hall–Kier alpha value is -3.87. The van der Waals surface area contributed by atoms with Gasteiger partial charge in [0.25, 0.3) is 11.7 Å². The molecule has 7 nitrogen and oxygen atoms in total. The molecule has 1 aliphatic heterocycles. The number of hydrogen-bond donors (Lipinski definition) is 1. The number of hydrogen-bond acceptors (Lipinski definition) is 6. The molecule has 2 aromatic heterocycles. The van der Waals surface area contributed by atoms with Crippen LogP contribution in [0.5, 0.6) is 5.75 Å². The molecular formula is C24H22N2O5. The number of nitrogens with zero attached hydrogens (tertiary/aromatic N) is 2. The first-order valence-electron chi connectivity index (χ1n) is 9.94. The molecule has 0 saturated carbocycles. The van der Waals surface area contributed by atoms with Crippen LogP contribution in [0.3, 0.4) is 0 Å². The zero-order valence-electron chi connectivity index (χ0n) is 17.2. The van der Waals surface area contributed by atoms with Gasteiger partial charge in [-0.3, -0.25) is 14.6 Å². The van der Waals surface area contributed by atoms with Crippen LogP contribution in [-0.4, -0.2) is 32.8 Å². The highest BCUT2D eigenvalue weighted by molar-refractivity contribution is 6.46. The fraction of sp³-hybridized carbons (Fsp3) is 0.208. The SMILES string of the molecule is CC(C)Oc1cccc(/C(O)=C2/C(=O)C(=O)N(Cc3ccccn3)C2c2ccco2)c1. The number of ketones is 1. The van der Waals surface area contributed by atoms with Crippen molar-refractivity contribution in [1.29, 1.82) is 0 Å². The number of pyridine rings is 1. The van der Waals surface area contributed by atoms with Gasteiger partial charge in [0.1, 0.15) is 23.3 Å². The Morgan fingerprint density at radius 1 is 1.16 bits per heavy atom. The van der Waals surface area contributed by atoms with Crippen molar-refractivity contribution in [2.75, 3.05) is 0 Å². The molecule has 1 amide bonds. The highest BCUT2D eigenvalue weighted by atomic mass is 16.5. The number of carbonyl (C=O) groups is 2. The summed E-state index contributed by atoms with van der Waals surface area (Å²) in [6, 6.07) is 14.6. The molecule has 0 bridgehead atoms. The summed E-state index contributed by atoms with van der Waals surface area (Å²) in [4.78, 5) is 31.5. The summed E-state index contributed by atoms with van der Waals surface area (Å²) in [5.74, 6) is -0.840. The number of benzene rings is 1. The quantitative estimate of drug-likeness (QED) is 0.368. The van der Waals surface area contributed by atoms with E-state index in [0.717, 1.165) is 0 Å². The molecule has 31 heavy (non-hydrogen) atoms. The average molecular weight is 418 g/mol. The Bertz CT molecular complexity index is 1120. The number of aromatic nitrogens is 1. The molecule has 1 N–H and O–H groups in total. The topological polar surface area (TPSA) is 92.9 Å². The van der Waals surface area contributed by atoms with E-state index in [2.05, 4.69) is 4.98 Å². The third-order valence-corrected chi connectivity index (χ3v) is 4.89. The molecule has 1 saturated heterocycles. The van der Waals surface area contributed by atoms with Crippen molar-refractivity contribution in [2.45, 2.75) is 32.5 Å². The first kappa shape index (κ1) is 20.4. The molecule has 0 aliphatic carbocycles. The van der Waals surface area contributed by atoms with Gasteiger partial charge < -0.3 is 19.2 Å². The number of likely N-dealkylation sites (tertiary alicyclic amines) is 1. The molecule has 3 aromatic rings. The minimum Gasteiger partial charge on any atom is -0.507 e. The first-order chi connectivity index (χ1) is 15.0. The van der Waals surface area contributed by atoms with Crippen LogP contribution in [0.4, 0.5) is 0 Å². The van der Waals surface area contributed by atoms with E-state index in [-0.39, 0.29) is 24.0 Å². The van der Waals surface area contributed by atoms with E-state index < -0.39 is 17.7 Å². The normalized spacial score (nSPS) is 18.0. The van der Waals surface area contributed by atoms with Crippen LogP contribution in [0, 0.1) is 0 Å². The summed E-state index contributed by atoms with van der Waals surface area (Å²) in [5, 5.41) is 11.1. The number of amides is 1. The van der Waals surface area contributed by atoms with Gasteiger partial charge in [0.05, 0.1) is 30.2 Å². The van der Waals surface area contributed by atoms with Gasteiger partial charge in [-0.1, -0.05) is 18.2 Å². The molecule has 1 aliphatic rings. The van der Waals surface area contributed by atoms with Gasteiger partial charge in [-0.2, -0.15) is 0 Å². The lowest BCUT2D eigenvalue weighted by Crippen LogP contribution is -2.29. The number of Topliss-reactive ketones (excluding diaryl/α,β-unsaturated/α-hetero) is 1. The number of aliphatic hydroxyl groups excluding tert-OH is 1. The minimum atomic E-state index is -0.869. The largest absolute Gasteiger partial charge is 0.507 e. The third-order valence-electron chi connectivity index (χ3n) is 4.89. The Morgan fingerprint density at radius 3 is 2.68 bits per heavy atom. The van der Waals surface area contributed by atoms with Crippen LogP contribution in [0.25, 0.3) is 5.76 Å². The summed E-state index contributed by atoms with van der Waals surface area (Å²) < 4.78 is 11.2. The lowest BCUT2D eigenvalue weighted by Gasteiger charge is -2.23. The number of ether oxygens (including phenoxy) is 1. The maximum Gasteiger partial charge on any atom is 0.296 e. The summed E-state index contributed by atoms with van der Waals surface area (Å²) >= 11 is 0. The Balaban J connectivity index is 1.80. The molecular weight excluding hydrogens is 396 g/mol. The van der Waals surface area contributed by atoms with Gasteiger partial charge in [-0.25, -0.2) is 0 Å². The predicted molar refractivity (Wildman–Crippen MR) is 113 cm³/mol. The fourth-order valence-electron chi connectivity index (χ4n) is 3.60. The Labute approximate surface area is 179 Å². The van der Waals surface area contributed by atoms with Gasteiger partial charge in [0, 0.05) is 11.8 Å². The standard InChI is InChI=1S/C24H22N2O5/c1-15(2)31-18-9-5-7-16(13-18)22(27)20-21(19-10-6-12-30-19)26(24(29)23(20)28)14-17-8-3-4-11-25-17/h3-13,15,21,27H,14H2,1-2H3/b22-20-. The van der Waals surface area contributed by atoms with Crippen molar-refractivity contribution in [3.05, 3.63) is 89.6 Å². The van der Waals surface area contributed by atoms with E-state index in [0.29, 0.717) is 22.8 Å². The highest BCUT2D eigenvalue weighted by Gasteiger charge is 2.47. The minimum absolute atomic E-state index is 0.0300. The third kappa shape index (κ3) is 4.07. The van der Waals surface area contributed by atoms with Gasteiger partial charge in [-0.15, -0.1) is 0 Å². The van der Waals surface area contributed by atoms with Crippen molar-refractivity contribution in [2.24, 2.45) is 0 Å². The number of furan rings is 1. The van der Waals surface area contributed by atoms with Gasteiger partial charge in [0.15, 0.2) is 0 Å². The van der Waals surface area contributed by atoms with Crippen LogP contribution in [0.2, 0.25) is 0 Å². The molecule has 3 heterocycles. The van der Waals surface area contributed by atoms with Crippen LogP contribution in [0.15, 0.2) is 77.0 Å². The number of aliphatic hydroxyl groups is 1. The average Bonchev–Trinajstić information content (AvgIpc) is 3.36. The molecule has 1 unspecified atom stereocenters. The number of rotatable bonds is 6. The Morgan fingerprint density at radius 2 is 2.00 bits per heavy atom. The van der Waals surface area contributed by atoms with Crippen LogP contribution in [0.1, 0.15) is 36.9 Å². The van der Waals surface area contributed by atoms with E-state index in [9.17, 15) is 14.7 Å². The van der Waals surface area contributed by atoms with Gasteiger partial charge in [-0.05, 0) is 50.2 Å². The van der Waals surface area contributed by atoms with Crippen molar-refractivity contribution < 1.29 is 23.8 Å². The molecule has 1 atom stereocenters. The molecule has 1 fully saturated rings. The van der Waals surface area contributed by atoms with Gasteiger partial charge >= 0.3 is 0 Å². The van der Waals surface area contributed by atoms with E-state index in [1.165, 1.54) is 11.2 Å². The van der Waals surface area contributed by atoms with E-state index in [4.69, 9.17) is 9.15 Å². The second kappa shape index (κ2) is 8.47. The molecule has 4 rings (SSSR count). The van der Waals surface area contributed by atoms with E-state index in [1.807, 2.05) is 13.8 Å². The van der Waals surface area contributed by atoms with Crippen LogP contribution >= 0.6 is 0 Å². The zero-order valence-corrected chi connectivity index (χ0v) is 17.2. The summed E-state index contributed by atoms with van der Waals surface area (Å²) in [5.41, 5.74) is 0.969. The van der Waals surface area contributed by atoms with Crippen LogP contribution < -0.4 is 4.74 Å². The number of carbonyl (C=O) groups excluding carboxylic acids is 2. The molecule has 0 radical (unpaired) electrons. The summed E-state index contributed by atoms with van der Waals surface area (Å²) in [7, 11) is 0. The first-order valence-corrected chi connectivity index (χ1v) is 9.94. The lowest BCUT2D eigenvalue weighted by molar-refractivity contribution is -0.140. The summed E-state index contributed by atoms with van der Waals surface area (Å²) in [6.45, 7) is 3.89. The molecule has 7 heteroatoms. The highest BCUT2D eigenvalue weighted by Crippen LogP contribution is 2.40. The Kier molecular flexibility index (Phi) is 5.58. The smallest absolute Gasteiger partial charge is 0.296 e. The van der Waals surface area contributed by atoms with E-state index in [1.54, 1.807) is 60.8 Å². The monoisotopic (exact) mass is 418 g/mol. The maximum absolute atomic E-state index is 13.0. The molecule has 0 spiro atoms. The van der Waals surface area contributed by atoms with Crippen molar-refractivity contribution in [3.63, 3.8) is 0 Å². The second-order valence-corrected chi connectivity index (χ2v) is 7.46. The molecule has 1 aromatic carbocycles.